The van der Waals surface area contributed by atoms with Crippen LogP contribution in [0.3, 0.4) is 0 Å². The molecule has 3 rings (SSSR count). The molecule has 0 N–H and O–H groups in total. The van der Waals surface area contributed by atoms with Gasteiger partial charge in [0.1, 0.15) is 11.8 Å². The van der Waals surface area contributed by atoms with Crippen LogP contribution in [0.4, 0.5) is 0 Å². The number of hydrogen-bond donors (Lipinski definition) is 0. The molecule has 2 aromatic rings. The van der Waals surface area contributed by atoms with Crippen LogP contribution in [-0.2, 0) is 0 Å². The number of rotatable bonds is 3. The molecule has 1 amide bonds. The highest BCUT2D eigenvalue weighted by Crippen LogP contribution is 2.42. The minimum Gasteiger partial charge on any atom is -0.496 e. The van der Waals surface area contributed by atoms with Crippen molar-refractivity contribution >= 4 is 5.91 Å². The molecule has 2 unspecified atom stereocenters. The molecule has 110 valence electrons. The number of carbonyl (C=O) groups excluding carboxylic acids is 1. The summed E-state index contributed by atoms with van der Waals surface area (Å²) in [5.41, 5.74) is 2.22. The van der Waals surface area contributed by atoms with Crippen molar-refractivity contribution < 1.29 is 9.53 Å². The third-order valence-electron chi connectivity index (χ3n) is 4.12. The fourth-order valence-electron chi connectivity index (χ4n) is 2.99. The van der Waals surface area contributed by atoms with Crippen LogP contribution in [0.2, 0.25) is 0 Å². The number of methoxy groups -OCH3 is 1. The van der Waals surface area contributed by atoms with Crippen molar-refractivity contribution in [3.63, 3.8) is 0 Å². The van der Waals surface area contributed by atoms with Crippen LogP contribution in [0.5, 0.6) is 5.75 Å². The van der Waals surface area contributed by atoms with Gasteiger partial charge in [0, 0.05) is 5.56 Å². The van der Waals surface area contributed by atoms with Gasteiger partial charge in [0.2, 0.25) is 0 Å². The van der Waals surface area contributed by atoms with Gasteiger partial charge in [-0.2, -0.15) is 5.26 Å². The normalized spacial score (nSPS) is 17.8. The molecule has 0 aromatic heterocycles. The van der Waals surface area contributed by atoms with Crippen molar-refractivity contribution in [2.75, 3.05) is 7.11 Å². The van der Waals surface area contributed by atoms with E-state index in [-0.39, 0.29) is 11.9 Å². The molecule has 1 aliphatic rings. The van der Waals surface area contributed by atoms with Gasteiger partial charge in [-0.15, -0.1) is 0 Å². The Morgan fingerprint density at radius 3 is 2.55 bits per heavy atom. The van der Waals surface area contributed by atoms with E-state index in [1.165, 1.54) is 7.11 Å². The summed E-state index contributed by atoms with van der Waals surface area (Å²) in [5.74, 6) is 0.362. The molecule has 0 saturated heterocycles. The van der Waals surface area contributed by atoms with E-state index in [1.807, 2.05) is 49.4 Å². The SMILES string of the molecule is COc1cccc2c1C(=O)N(C(C)c1ccccc1)C2C#N. The van der Waals surface area contributed by atoms with Gasteiger partial charge < -0.3 is 9.64 Å². The lowest BCUT2D eigenvalue weighted by Gasteiger charge is -2.27. The largest absolute Gasteiger partial charge is 0.496 e. The van der Waals surface area contributed by atoms with Gasteiger partial charge in [0.15, 0.2) is 0 Å². The Hall–Kier alpha value is -2.80. The summed E-state index contributed by atoms with van der Waals surface area (Å²) in [5, 5.41) is 9.58. The fourth-order valence-corrected chi connectivity index (χ4v) is 2.99. The average molecular weight is 292 g/mol. The van der Waals surface area contributed by atoms with Crippen LogP contribution in [0.15, 0.2) is 48.5 Å². The van der Waals surface area contributed by atoms with E-state index < -0.39 is 6.04 Å². The first-order valence-electron chi connectivity index (χ1n) is 7.13. The zero-order valence-electron chi connectivity index (χ0n) is 12.5. The van der Waals surface area contributed by atoms with Crippen molar-refractivity contribution in [1.29, 1.82) is 5.26 Å². The Morgan fingerprint density at radius 2 is 1.91 bits per heavy atom. The van der Waals surface area contributed by atoms with Crippen LogP contribution in [0.1, 0.15) is 40.5 Å². The molecule has 4 heteroatoms. The lowest BCUT2D eigenvalue weighted by molar-refractivity contribution is 0.0685. The zero-order valence-corrected chi connectivity index (χ0v) is 12.5. The summed E-state index contributed by atoms with van der Waals surface area (Å²) in [7, 11) is 1.54. The van der Waals surface area contributed by atoms with E-state index in [0.29, 0.717) is 11.3 Å². The van der Waals surface area contributed by atoms with E-state index in [1.54, 1.807) is 11.0 Å². The molecule has 1 heterocycles. The number of fused-ring (bicyclic) bond motifs is 1. The third-order valence-corrected chi connectivity index (χ3v) is 4.12. The zero-order chi connectivity index (χ0) is 15.7. The van der Waals surface area contributed by atoms with E-state index >= 15 is 0 Å². The minimum atomic E-state index is -0.590. The molecule has 2 atom stereocenters. The highest BCUT2D eigenvalue weighted by molar-refractivity contribution is 6.02. The van der Waals surface area contributed by atoms with Gasteiger partial charge in [0.05, 0.1) is 24.8 Å². The van der Waals surface area contributed by atoms with Gasteiger partial charge >= 0.3 is 0 Å². The lowest BCUT2D eigenvalue weighted by Crippen LogP contribution is -2.30. The molecule has 0 radical (unpaired) electrons. The van der Waals surface area contributed by atoms with Crippen molar-refractivity contribution in [3.8, 4) is 11.8 Å². The number of hydrogen-bond acceptors (Lipinski definition) is 3. The maximum absolute atomic E-state index is 12.9. The number of nitriles is 1. The first-order valence-corrected chi connectivity index (χ1v) is 7.13. The monoisotopic (exact) mass is 292 g/mol. The predicted molar refractivity (Wildman–Crippen MR) is 82.4 cm³/mol. The second-order valence-electron chi connectivity index (χ2n) is 5.26. The molecule has 0 fully saturated rings. The molecule has 0 spiro atoms. The van der Waals surface area contributed by atoms with Gasteiger partial charge in [-0.3, -0.25) is 4.79 Å². The van der Waals surface area contributed by atoms with Crippen molar-refractivity contribution in [3.05, 3.63) is 65.2 Å². The van der Waals surface area contributed by atoms with Crippen LogP contribution in [0.25, 0.3) is 0 Å². The van der Waals surface area contributed by atoms with Gasteiger partial charge in [-0.05, 0) is 18.6 Å². The molecular formula is C18H16N2O2. The Balaban J connectivity index is 2.08. The van der Waals surface area contributed by atoms with Crippen LogP contribution >= 0.6 is 0 Å². The van der Waals surface area contributed by atoms with Gasteiger partial charge in [-0.25, -0.2) is 0 Å². The number of benzene rings is 2. The van der Waals surface area contributed by atoms with E-state index in [0.717, 1.165) is 11.1 Å². The fraction of sp³-hybridized carbons (Fsp3) is 0.222. The molecule has 0 aliphatic carbocycles. The van der Waals surface area contributed by atoms with Crippen molar-refractivity contribution in [1.82, 2.24) is 4.90 Å². The Labute approximate surface area is 129 Å². The first-order chi connectivity index (χ1) is 10.7. The summed E-state index contributed by atoms with van der Waals surface area (Å²) in [6.07, 6.45) is 0. The quantitative estimate of drug-likeness (QED) is 0.870. The summed E-state index contributed by atoms with van der Waals surface area (Å²) < 4.78 is 5.30. The molecule has 4 nitrogen and oxygen atoms in total. The van der Waals surface area contributed by atoms with Crippen molar-refractivity contribution in [2.24, 2.45) is 0 Å². The first kappa shape index (κ1) is 14.2. The second kappa shape index (κ2) is 5.53. The highest BCUT2D eigenvalue weighted by Gasteiger charge is 2.41. The molecule has 22 heavy (non-hydrogen) atoms. The standard InChI is InChI=1S/C18H16N2O2/c1-12(13-7-4-3-5-8-13)20-15(11-19)14-9-6-10-16(22-2)17(14)18(20)21/h3-10,12,15H,1-2H3. The summed E-state index contributed by atoms with van der Waals surface area (Å²) in [6.45, 7) is 1.94. The topological polar surface area (TPSA) is 53.3 Å². The van der Waals surface area contributed by atoms with Gasteiger partial charge in [0.25, 0.3) is 5.91 Å². The average Bonchev–Trinajstić information content (AvgIpc) is 2.87. The van der Waals surface area contributed by atoms with Crippen LogP contribution in [0, 0.1) is 11.3 Å². The van der Waals surface area contributed by atoms with Gasteiger partial charge in [-0.1, -0.05) is 42.5 Å². The number of nitrogens with zero attached hydrogens (tertiary/aromatic N) is 2. The number of ether oxygens (including phenoxy) is 1. The molecular weight excluding hydrogens is 276 g/mol. The predicted octanol–water partition coefficient (Wildman–Crippen LogP) is 3.48. The van der Waals surface area contributed by atoms with E-state index in [9.17, 15) is 10.1 Å². The maximum Gasteiger partial charge on any atom is 0.259 e. The third kappa shape index (κ3) is 2.03. The van der Waals surface area contributed by atoms with E-state index in [4.69, 9.17) is 4.74 Å². The van der Waals surface area contributed by atoms with Crippen molar-refractivity contribution in [2.45, 2.75) is 19.0 Å². The Morgan fingerprint density at radius 1 is 1.18 bits per heavy atom. The summed E-state index contributed by atoms with van der Waals surface area (Å²) in [6, 6.07) is 16.6. The lowest BCUT2D eigenvalue weighted by atomic mass is 10.0. The molecule has 2 aromatic carbocycles. The summed E-state index contributed by atoms with van der Waals surface area (Å²) >= 11 is 0. The molecule has 1 aliphatic heterocycles. The highest BCUT2D eigenvalue weighted by atomic mass is 16.5. The smallest absolute Gasteiger partial charge is 0.259 e. The number of carbonyl (C=O) groups is 1. The number of amides is 1. The second-order valence-corrected chi connectivity index (χ2v) is 5.26. The maximum atomic E-state index is 12.9. The van der Waals surface area contributed by atoms with E-state index in [2.05, 4.69) is 6.07 Å². The van der Waals surface area contributed by atoms with Crippen LogP contribution in [-0.4, -0.2) is 17.9 Å². The molecule has 0 saturated carbocycles. The molecule has 0 bridgehead atoms. The summed E-state index contributed by atoms with van der Waals surface area (Å²) in [4.78, 5) is 14.5. The Kier molecular flexibility index (Phi) is 3.56. The Bertz CT molecular complexity index is 749. The minimum absolute atomic E-state index is 0.157. The van der Waals surface area contributed by atoms with Crippen LogP contribution < -0.4 is 4.74 Å².